The molecule has 106 valence electrons. The summed E-state index contributed by atoms with van der Waals surface area (Å²) in [7, 11) is 0. The van der Waals surface area contributed by atoms with E-state index in [1.165, 1.54) is 6.92 Å². The van der Waals surface area contributed by atoms with Crippen molar-refractivity contribution in [1.82, 2.24) is 10.3 Å². The van der Waals surface area contributed by atoms with Crippen molar-refractivity contribution in [2.45, 2.75) is 25.6 Å². The first-order valence-corrected chi connectivity index (χ1v) is 6.54. The first kappa shape index (κ1) is 14.4. The Kier molecular flexibility index (Phi) is 4.65. The molecule has 0 radical (unpaired) electrons. The van der Waals surface area contributed by atoms with Gasteiger partial charge in [-0.2, -0.15) is 0 Å². The number of para-hydroxylation sites is 1. The molecule has 1 heterocycles. The number of pyridine rings is 1. The van der Waals surface area contributed by atoms with Gasteiger partial charge >= 0.3 is 0 Å². The van der Waals surface area contributed by atoms with Crippen LogP contribution in [-0.4, -0.2) is 33.8 Å². The summed E-state index contributed by atoms with van der Waals surface area (Å²) in [6, 6.07) is 9.16. The van der Waals surface area contributed by atoms with Gasteiger partial charge in [-0.1, -0.05) is 18.2 Å². The van der Waals surface area contributed by atoms with Crippen molar-refractivity contribution in [2.24, 2.45) is 0 Å². The third kappa shape index (κ3) is 3.31. The Balaban J connectivity index is 2.14. The van der Waals surface area contributed by atoms with Gasteiger partial charge in [0.2, 0.25) is 5.91 Å². The largest absolute Gasteiger partial charge is 0.390 e. The minimum atomic E-state index is -1.00. The van der Waals surface area contributed by atoms with E-state index in [1.807, 2.05) is 24.3 Å². The van der Waals surface area contributed by atoms with Crippen LogP contribution in [0.5, 0.6) is 0 Å². The van der Waals surface area contributed by atoms with E-state index in [9.17, 15) is 15.0 Å². The fourth-order valence-corrected chi connectivity index (χ4v) is 2.14. The van der Waals surface area contributed by atoms with E-state index in [0.717, 1.165) is 10.9 Å². The number of fused-ring (bicyclic) bond motifs is 1. The first-order chi connectivity index (χ1) is 9.59. The average Bonchev–Trinajstić information content (AvgIpc) is 2.45. The van der Waals surface area contributed by atoms with Gasteiger partial charge in [0.15, 0.2) is 0 Å². The lowest BCUT2D eigenvalue weighted by molar-refractivity contribution is -0.119. The van der Waals surface area contributed by atoms with Crippen LogP contribution in [0, 0.1) is 0 Å². The minimum absolute atomic E-state index is 0.152. The number of amides is 1. The molecule has 0 spiro atoms. The number of hydrogen-bond acceptors (Lipinski definition) is 4. The molecule has 1 aromatic heterocycles. The molecule has 2 unspecified atom stereocenters. The van der Waals surface area contributed by atoms with E-state index < -0.39 is 12.2 Å². The average molecular weight is 274 g/mol. The molecule has 0 saturated carbocycles. The Bertz CT molecular complexity index is 595. The molecular formula is C15H18N2O3. The molecule has 5 nitrogen and oxygen atoms in total. The maximum absolute atomic E-state index is 10.8. The number of aliphatic hydroxyl groups excluding tert-OH is 2. The summed E-state index contributed by atoms with van der Waals surface area (Å²) in [6.45, 7) is 1.75. The van der Waals surface area contributed by atoms with Crippen molar-refractivity contribution in [3.8, 4) is 0 Å². The third-order valence-electron chi connectivity index (χ3n) is 3.18. The van der Waals surface area contributed by atoms with Gasteiger partial charge in [-0.05, 0) is 24.1 Å². The van der Waals surface area contributed by atoms with Gasteiger partial charge in [0, 0.05) is 25.1 Å². The van der Waals surface area contributed by atoms with E-state index in [4.69, 9.17) is 0 Å². The summed E-state index contributed by atoms with van der Waals surface area (Å²) in [5, 5.41) is 23.7. The molecule has 2 atom stereocenters. The number of nitrogens with one attached hydrogen (secondary N) is 1. The van der Waals surface area contributed by atoms with Crippen molar-refractivity contribution < 1.29 is 15.0 Å². The van der Waals surface area contributed by atoms with E-state index in [1.54, 1.807) is 12.3 Å². The van der Waals surface area contributed by atoms with Crippen LogP contribution >= 0.6 is 0 Å². The summed E-state index contributed by atoms with van der Waals surface area (Å²) >= 11 is 0. The molecule has 0 saturated heterocycles. The highest BCUT2D eigenvalue weighted by Crippen LogP contribution is 2.25. The van der Waals surface area contributed by atoms with Crippen LogP contribution in [0.2, 0.25) is 0 Å². The van der Waals surface area contributed by atoms with Crippen LogP contribution in [0.25, 0.3) is 10.9 Å². The van der Waals surface area contributed by atoms with Gasteiger partial charge in [-0.15, -0.1) is 0 Å². The van der Waals surface area contributed by atoms with Crippen LogP contribution in [0.4, 0.5) is 0 Å². The van der Waals surface area contributed by atoms with Crippen LogP contribution in [0.15, 0.2) is 36.5 Å². The molecule has 0 aliphatic heterocycles. The van der Waals surface area contributed by atoms with Crippen molar-refractivity contribution >= 4 is 16.8 Å². The highest BCUT2D eigenvalue weighted by Gasteiger charge is 2.20. The monoisotopic (exact) mass is 274 g/mol. The highest BCUT2D eigenvalue weighted by molar-refractivity contribution is 5.82. The Labute approximate surface area is 117 Å². The lowest BCUT2D eigenvalue weighted by Gasteiger charge is -2.19. The molecule has 0 bridgehead atoms. The van der Waals surface area contributed by atoms with Crippen LogP contribution in [0.1, 0.15) is 25.0 Å². The number of benzene rings is 1. The summed E-state index contributed by atoms with van der Waals surface area (Å²) in [5.41, 5.74) is 1.42. The Morgan fingerprint density at radius 1 is 1.30 bits per heavy atom. The number of nitrogens with zero attached hydrogens (tertiary/aromatic N) is 1. The zero-order valence-corrected chi connectivity index (χ0v) is 11.3. The second kappa shape index (κ2) is 6.45. The van der Waals surface area contributed by atoms with E-state index >= 15 is 0 Å². The van der Waals surface area contributed by atoms with Crippen LogP contribution < -0.4 is 5.32 Å². The third-order valence-corrected chi connectivity index (χ3v) is 3.18. The van der Waals surface area contributed by atoms with Crippen molar-refractivity contribution in [1.29, 1.82) is 0 Å². The standard InChI is InChI=1S/C15H18N2O3/c1-10(18)16-9-7-14(19)15(20)12-6-8-17-13-5-3-2-4-11(12)13/h2-6,8,14-15,19-20H,7,9H2,1H3,(H,16,18). The highest BCUT2D eigenvalue weighted by atomic mass is 16.3. The SMILES string of the molecule is CC(=O)NCCC(O)C(O)c1ccnc2ccccc12. The van der Waals surface area contributed by atoms with Crippen LogP contribution in [0.3, 0.4) is 0 Å². The van der Waals surface area contributed by atoms with E-state index in [2.05, 4.69) is 10.3 Å². The van der Waals surface area contributed by atoms with Crippen LogP contribution in [-0.2, 0) is 4.79 Å². The molecule has 3 N–H and O–H groups in total. The molecule has 20 heavy (non-hydrogen) atoms. The second-order valence-electron chi connectivity index (χ2n) is 4.70. The van der Waals surface area contributed by atoms with E-state index in [0.29, 0.717) is 12.1 Å². The molecule has 0 fully saturated rings. The topological polar surface area (TPSA) is 82.5 Å². The van der Waals surface area contributed by atoms with Crippen molar-refractivity contribution in [3.63, 3.8) is 0 Å². The number of carbonyl (C=O) groups excluding carboxylic acids is 1. The Morgan fingerprint density at radius 3 is 2.80 bits per heavy atom. The van der Waals surface area contributed by atoms with Crippen molar-refractivity contribution in [3.05, 3.63) is 42.1 Å². The summed E-state index contributed by atoms with van der Waals surface area (Å²) in [5.74, 6) is -0.152. The quantitative estimate of drug-likeness (QED) is 0.764. The fourth-order valence-electron chi connectivity index (χ4n) is 2.14. The lowest BCUT2D eigenvalue weighted by atomic mass is 9.98. The van der Waals surface area contributed by atoms with Gasteiger partial charge in [-0.3, -0.25) is 9.78 Å². The molecule has 2 rings (SSSR count). The number of rotatable bonds is 5. The van der Waals surface area contributed by atoms with E-state index in [-0.39, 0.29) is 12.3 Å². The molecule has 0 aliphatic carbocycles. The van der Waals surface area contributed by atoms with Gasteiger partial charge in [0.1, 0.15) is 6.10 Å². The molecule has 1 aromatic carbocycles. The predicted octanol–water partition coefficient (Wildman–Crippen LogP) is 1.16. The normalized spacial score (nSPS) is 13.9. The maximum atomic E-state index is 10.8. The zero-order chi connectivity index (χ0) is 14.5. The molecule has 1 amide bonds. The van der Waals surface area contributed by atoms with Gasteiger partial charge in [0.25, 0.3) is 0 Å². The summed E-state index contributed by atoms with van der Waals surface area (Å²) in [6.07, 6.45) is -0.0388. The van der Waals surface area contributed by atoms with Gasteiger partial charge < -0.3 is 15.5 Å². The maximum Gasteiger partial charge on any atom is 0.216 e. The summed E-state index contributed by atoms with van der Waals surface area (Å²) in [4.78, 5) is 15.0. The predicted molar refractivity (Wildman–Crippen MR) is 76.0 cm³/mol. The zero-order valence-electron chi connectivity index (χ0n) is 11.3. The van der Waals surface area contributed by atoms with Gasteiger partial charge in [0.05, 0.1) is 11.6 Å². The van der Waals surface area contributed by atoms with Gasteiger partial charge in [-0.25, -0.2) is 0 Å². The lowest BCUT2D eigenvalue weighted by Crippen LogP contribution is -2.27. The second-order valence-corrected chi connectivity index (χ2v) is 4.70. The number of aromatic nitrogens is 1. The number of hydrogen-bond donors (Lipinski definition) is 3. The Morgan fingerprint density at radius 2 is 2.05 bits per heavy atom. The fraction of sp³-hybridized carbons (Fsp3) is 0.333. The molecular weight excluding hydrogens is 256 g/mol. The minimum Gasteiger partial charge on any atom is -0.390 e. The van der Waals surface area contributed by atoms with Crippen molar-refractivity contribution in [2.75, 3.05) is 6.54 Å². The molecule has 5 heteroatoms. The number of aliphatic hydroxyl groups is 2. The Hall–Kier alpha value is -1.98. The smallest absolute Gasteiger partial charge is 0.216 e. The first-order valence-electron chi connectivity index (χ1n) is 6.54. The molecule has 2 aromatic rings. The number of carbonyl (C=O) groups is 1. The summed E-state index contributed by atoms with van der Waals surface area (Å²) < 4.78 is 0. The molecule has 0 aliphatic rings.